The molecule has 0 radical (unpaired) electrons. The third kappa shape index (κ3) is 6.66. The number of rotatable bonds is 3. The quantitative estimate of drug-likeness (QED) is 0.261. The monoisotopic (exact) mass is 151 g/mol. The molecule has 0 aliphatic rings. The van der Waals surface area contributed by atoms with E-state index in [4.69, 9.17) is 0 Å². The molecule has 0 fully saturated rings. The SMILES string of the molecule is [CH2-][N+](C)(C)CSSC. The lowest BCUT2D eigenvalue weighted by Crippen LogP contribution is -2.30. The largest absolute Gasteiger partial charge is 0.453 e. The first-order chi connectivity index (χ1) is 3.56. The van der Waals surface area contributed by atoms with E-state index in [0.29, 0.717) is 0 Å². The van der Waals surface area contributed by atoms with Crippen molar-refractivity contribution in [3.63, 3.8) is 0 Å². The van der Waals surface area contributed by atoms with Crippen LogP contribution in [0.3, 0.4) is 0 Å². The molecule has 0 saturated heterocycles. The van der Waals surface area contributed by atoms with E-state index in [0.717, 1.165) is 10.4 Å². The molecule has 8 heavy (non-hydrogen) atoms. The lowest BCUT2D eigenvalue weighted by molar-refractivity contribution is -0.831. The average Bonchev–Trinajstić information content (AvgIpc) is 1.59. The zero-order chi connectivity index (χ0) is 6.62. The van der Waals surface area contributed by atoms with Crippen molar-refractivity contribution in [2.45, 2.75) is 0 Å². The Balaban J connectivity index is 3.11. The van der Waals surface area contributed by atoms with Crippen LogP contribution in [0.15, 0.2) is 0 Å². The number of hydrogen-bond acceptors (Lipinski definition) is 2. The molecule has 50 valence electrons. The Labute approximate surface area is 59.8 Å². The summed E-state index contributed by atoms with van der Waals surface area (Å²) in [5, 5.41) is 0. The van der Waals surface area contributed by atoms with Gasteiger partial charge >= 0.3 is 0 Å². The maximum Gasteiger partial charge on any atom is 0.111 e. The normalized spacial score (nSPS) is 12.0. The zero-order valence-electron chi connectivity index (χ0n) is 5.68. The molecule has 0 aromatic carbocycles. The Bertz CT molecular complexity index is 57.9. The minimum Gasteiger partial charge on any atom is -0.453 e. The van der Waals surface area contributed by atoms with Crippen LogP contribution >= 0.6 is 21.6 Å². The van der Waals surface area contributed by atoms with Gasteiger partial charge in [0.15, 0.2) is 0 Å². The molecule has 0 bridgehead atoms. The lowest BCUT2D eigenvalue weighted by Gasteiger charge is -2.31. The van der Waals surface area contributed by atoms with Gasteiger partial charge in [-0.1, -0.05) is 10.8 Å². The summed E-state index contributed by atoms with van der Waals surface area (Å²) >= 11 is 0. The molecule has 0 N–H and O–H groups in total. The summed E-state index contributed by atoms with van der Waals surface area (Å²) in [5.74, 6) is 1.07. The van der Waals surface area contributed by atoms with E-state index >= 15 is 0 Å². The smallest absolute Gasteiger partial charge is 0.111 e. The molecule has 0 saturated carbocycles. The first-order valence-electron chi connectivity index (χ1n) is 2.39. The molecule has 0 aliphatic heterocycles. The van der Waals surface area contributed by atoms with Crippen molar-refractivity contribution in [2.24, 2.45) is 0 Å². The van der Waals surface area contributed by atoms with Crippen LogP contribution in [-0.4, -0.2) is 30.7 Å². The second-order valence-corrected chi connectivity index (χ2v) is 4.88. The maximum absolute atomic E-state index is 3.91. The maximum atomic E-state index is 3.91. The van der Waals surface area contributed by atoms with Crippen molar-refractivity contribution in [1.82, 2.24) is 0 Å². The summed E-state index contributed by atoms with van der Waals surface area (Å²) in [5.41, 5.74) is 0. The molecule has 0 spiro atoms. The van der Waals surface area contributed by atoms with E-state index in [9.17, 15) is 0 Å². The second-order valence-electron chi connectivity index (χ2n) is 2.35. The van der Waals surface area contributed by atoms with Crippen molar-refractivity contribution in [1.29, 1.82) is 0 Å². The van der Waals surface area contributed by atoms with Gasteiger partial charge in [0.2, 0.25) is 0 Å². The molecule has 0 atom stereocenters. The standard InChI is InChI=1S/C5H13NS2/c1-6(2,3)5-8-7-4/h1,5H2,2-4H3. The van der Waals surface area contributed by atoms with Gasteiger partial charge in [-0.25, -0.2) is 0 Å². The summed E-state index contributed by atoms with van der Waals surface area (Å²) in [6, 6.07) is 0. The van der Waals surface area contributed by atoms with Crippen LogP contribution in [0.5, 0.6) is 0 Å². The Morgan fingerprint density at radius 2 is 2.00 bits per heavy atom. The van der Waals surface area contributed by atoms with Crippen LogP contribution in [0.1, 0.15) is 0 Å². The number of hydrogen-bond donors (Lipinski definition) is 0. The third-order valence-corrected chi connectivity index (χ3v) is 2.58. The van der Waals surface area contributed by atoms with Crippen LogP contribution in [0.2, 0.25) is 0 Å². The molecule has 0 aromatic heterocycles. The molecular weight excluding hydrogens is 138 g/mol. The fraction of sp³-hybridized carbons (Fsp3) is 0.800. The molecule has 0 amide bonds. The van der Waals surface area contributed by atoms with Gasteiger partial charge in [-0.05, 0) is 17.0 Å². The van der Waals surface area contributed by atoms with E-state index < -0.39 is 0 Å². The minimum absolute atomic E-state index is 0.797. The summed E-state index contributed by atoms with van der Waals surface area (Å²) in [4.78, 5) is 0. The van der Waals surface area contributed by atoms with E-state index in [1.165, 1.54) is 0 Å². The van der Waals surface area contributed by atoms with Crippen molar-refractivity contribution in [2.75, 3.05) is 26.2 Å². The molecule has 1 nitrogen and oxygen atoms in total. The summed E-state index contributed by atoms with van der Waals surface area (Å²) in [7, 11) is 11.7. The molecule has 0 unspecified atom stereocenters. The van der Waals surface area contributed by atoms with Gasteiger partial charge < -0.3 is 4.48 Å². The molecule has 3 heteroatoms. The Morgan fingerprint density at radius 3 is 2.12 bits per heavy atom. The molecular formula is C5H13NS2. The highest BCUT2D eigenvalue weighted by atomic mass is 33.1. The molecule has 0 rings (SSSR count). The van der Waals surface area contributed by atoms with Crippen LogP contribution in [-0.2, 0) is 0 Å². The molecule has 0 aliphatic carbocycles. The fourth-order valence-corrected chi connectivity index (χ4v) is 1.76. The Kier molecular flexibility index (Phi) is 3.94. The van der Waals surface area contributed by atoms with Crippen molar-refractivity contribution >= 4 is 21.6 Å². The van der Waals surface area contributed by atoms with Gasteiger partial charge in [0.1, 0.15) is 5.88 Å². The zero-order valence-corrected chi connectivity index (χ0v) is 7.31. The van der Waals surface area contributed by atoms with E-state index in [-0.39, 0.29) is 0 Å². The summed E-state index contributed by atoms with van der Waals surface area (Å²) < 4.78 is 0.797. The summed E-state index contributed by atoms with van der Waals surface area (Å²) in [6.07, 6.45) is 2.08. The third-order valence-electron chi connectivity index (χ3n) is 0.520. The van der Waals surface area contributed by atoms with Crippen LogP contribution in [0.25, 0.3) is 0 Å². The summed E-state index contributed by atoms with van der Waals surface area (Å²) in [6.45, 7) is 0. The average molecular weight is 151 g/mol. The fourth-order valence-electron chi connectivity index (χ4n) is 0.195. The minimum atomic E-state index is 0.797. The van der Waals surface area contributed by atoms with Crippen LogP contribution in [0, 0.1) is 7.05 Å². The topological polar surface area (TPSA) is 0 Å². The highest BCUT2D eigenvalue weighted by molar-refractivity contribution is 8.76. The second kappa shape index (κ2) is 3.64. The first kappa shape index (κ1) is 8.66. The number of nitrogens with zero attached hydrogens (tertiary/aromatic N) is 1. The predicted octanol–water partition coefficient (Wildman–Crippen LogP) is 1.82. The molecule has 0 heterocycles. The van der Waals surface area contributed by atoms with E-state index in [1.807, 2.05) is 10.8 Å². The van der Waals surface area contributed by atoms with Gasteiger partial charge in [-0.3, -0.25) is 0 Å². The van der Waals surface area contributed by atoms with Crippen molar-refractivity contribution in [3.8, 4) is 0 Å². The van der Waals surface area contributed by atoms with Crippen LogP contribution < -0.4 is 0 Å². The van der Waals surface area contributed by atoms with Gasteiger partial charge in [-0.2, -0.15) is 0 Å². The first-order valence-corrected chi connectivity index (χ1v) is 5.12. The van der Waals surface area contributed by atoms with E-state index in [1.54, 1.807) is 10.8 Å². The highest BCUT2D eigenvalue weighted by Gasteiger charge is 1.97. The Hall–Kier alpha value is 0.660. The van der Waals surface area contributed by atoms with Gasteiger partial charge in [0.25, 0.3) is 0 Å². The van der Waals surface area contributed by atoms with Gasteiger partial charge in [-0.15, -0.1) is 7.05 Å². The lowest BCUT2D eigenvalue weighted by atomic mass is 10.8. The van der Waals surface area contributed by atoms with Crippen molar-refractivity contribution in [3.05, 3.63) is 7.05 Å². The number of quaternary nitrogens is 1. The predicted molar refractivity (Wildman–Crippen MR) is 43.4 cm³/mol. The Morgan fingerprint density at radius 1 is 1.50 bits per heavy atom. The van der Waals surface area contributed by atoms with Crippen molar-refractivity contribution < 1.29 is 4.48 Å². The molecule has 0 aromatic rings. The van der Waals surface area contributed by atoms with Gasteiger partial charge in [0, 0.05) is 14.1 Å². The highest BCUT2D eigenvalue weighted by Crippen LogP contribution is 2.19. The van der Waals surface area contributed by atoms with Crippen LogP contribution in [0.4, 0.5) is 0 Å². The van der Waals surface area contributed by atoms with E-state index in [2.05, 4.69) is 27.4 Å². The van der Waals surface area contributed by atoms with Gasteiger partial charge in [0.05, 0.1) is 0 Å².